The first-order valence-corrected chi connectivity index (χ1v) is 4.22. The Hall–Kier alpha value is -1.06. The summed E-state index contributed by atoms with van der Waals surface area (Å²) in [6.07, 6.45) is 0. The molecule has 2 radical (unpaired) electrons. The molecule has 0 heterocycles. The lowest BCUT2D eigenvalue weighted by molar-refractivity contribution is 0.108. The van der Waals surface area contributed by atoms with E-state index in [0.717, 1.165) is 0 Å². The summed E-state index contributed by atoms with van der Waals surface area (Å²) in [5.74, 6) is 0. The van der Waals surface area contributed by atoms with E-state index >= 15 is 0 Å². The summed E-state index contributed by atoms with van der Waals surface area (Å²) in [4.78, 5) is 18.9. The molecule has 4 nitrogen and oxygen atoms in total. The highest BCUT2D eigenvalue weighted by Crippen LogP contribution is 2.03. The summed E-state index contributed by atoms with van der Waals surface area (Å²) in [6.45, 7) is 13.5. The molecule has 0 bridgehead atoms. The summed E-state index contributed by atoms with van der Waals surface area (Å²) < 4.78 is 8.85. The normalized spacial score (nSPS) is 10.7. The predicted octanol–water partition coefficient (Wildman–Crippen LogP) is 1.74. The van der Waals surface area contributed by atoms with Crippen LogP contribution in [0.3, 0.4) is 0 Å². The number of hydrogen-bond donors (Lipinski definition) is 0. The van der Waals surface area contributed by atoms with Crippen LogP contribution < -0.4 is 0 Å². The Morgan fingerprint density at radius 2 is 0.929 bits per heavy atom. The first-order valence-electron chi connectivity index (χ1n) is 4.22. The maximum absolute atomic E-state index is 9.47. The summed E-state index contributed by atoms with van der Waals surface area (Å²) in [5.41, 5.74) is -0.747. The van der Waals surface area contributed by atoms with Gasteiger partial charge in [0.1, 0.15) is 11.2 Å². The molecule has 0 aliphatic heterocycles. The lowest BCUT2D eigenvalue weighted by Gasteiger charge is -2.13. The fraction of sp³-hybridized carbons (Fsp3) is 0.800. The van der Waals surface area contributed by atoms with E-state index in [1.165, 1.54) is 12.9 Å². The number of hydrogen-bond acceptors (Lipinski definition) is 4. The lowest BCUT2D eigenvalue weighted by Crippen LogP contribution is -2.17. The van der Waals surface area contributed by atoms with E-state index in [0.29, 0.717) is 0 Å². The number of carbonyl (C=O) groups excluding carboxylic acids is 2. The van der Waals surface area contributed by atoms with E-state index in [9.17, 15) is 9.59 Å². The van der Waals surface area contributed by atoms with E-state index in [1.54, 1.807) is 41.5 Å². The van der Waals surface area contributed by atoms with E-state index in [-0.39, 0.29) is 11.2 Å². The van der Waals surface area contributed by atoms with Crippen molar-refractivity contribution >= 4 is 12.9 Å². The van der Waals surface area contributed by atoms with E-state index in [2.05, 4.69) is 9.47 Å². The Kier molecular flexibility index (Phi) is 7.05. The molecule has 14 heavy (non-hydrogen) atoms. The third-order valence-electron chi connectivity index (χ3n) is 0.696. The SMILES string of the molecule is CC(C)(C)O[C]=O.CC(C)(C)O[C]=O. The van der Waals surface area contributed by atoms with Gasteiger partial charge in [-0.2, -0.15) is 0 Å². The molecule has 0 spiro atoms. The minimum atomic E-state index is -0.373. The highest BCUT2D eigenvalue weighted by molar-refractivity contribution is 5.39. The van der Waals surface area contributed by atoms with Gasteiger partial charge in [0.25, 0.3) is 0 Å². The minimum Gasteiger partial charge on any atom is -0.452 e. The van der Waals surface area contributed by atoms with Gasteiger partial charge in [-0.1, -0.05) is 0 Å². The number of rotatable bonds is 2. The van der Waals surface area contributed by atoms with Gasteiger partial charge in [-0.05, 0) is 41.5 Å². The highest BCUT2D eigenvalue weighted by Gasteiger charge is 2.08. The van der Waals surface area contributed by atoms with Crippen LogP contribution >= 0.6 is 0 Å². The average Bonchev–Trinajstić information content (AvgIpc) is 1.81. The molecule has 4 heteroatoms. The van der Waals surface area contributed by atoms with Crippen LogP contribution in [-0.2, 0) is 19.1 Å². The lowest BCUT2D eigenvalue weighted by atomic mass is 10.2. The summed E-state index contributed by atoms with van der Waals surface area (Å²) >= 11 is 0. The fourth-order valence-corrected chi connectivity index (χ4v) is 0.250. The first kappa shape index (κ1) is 15.4. The molecular weight excluding hydrogens is 184 g/mol. The van der Waals surface area contributed by atoms with Crippen molar-refractivity contribution in [2.24, 2.45) is 0 Å². The molecule has 0 aromatic rings. The van der Waals surface area contributed by atoms with Crippen LogP contribution in [0.1, 0.15) is 41.5 Å². The monoisotopic (exact) mass is 202 g/mol. The van der Waals surface area contributed by atoms with Gasteiger partial charge in [-0.15, -0.1) is 0 Å². The second-order valence-electron chi connectivity index (χ2n) is 4.60. The first-order chi connectivity index (χ1) is 6.12. The maximum atomic E-state index is 9.47. The van der Waals surface area contributed by atoms with Gasteiger partial charge in [0, 0.05) is 0 Å². The van der Waals surface area contributed by atoms with Crippen molar-refractivity contribution in [3.63, 3.8) is 0 Å². The zero-order chi connectivity index (χ0) is 11.8. The fourth-order valence-electron chi connectivity index (χ4n) is 0.250. The third-order valence-corrected chi connectivity index (χ3v) is 0.696. The molecule has 0 saturated carbocycles. The van der Waals surface area contributed by atoms with Crippen LogP contribution in [0, 0.1) is 0 Å². The number of ether oxygens (including phenoxy) is 2. The molecule has 0 fully saturated rings. The third kappa shape index (κ3) is 22.4. The second kappa shape index (κ2) is 6.40. The Morgan fingerprint density at radius 1 is 0.714 bits per heavy atom. The van der Waals surface area contributed by atoms with Crippen molar-refractivity contribution in [3.05, 3.63) is 0 Å². The van der Waals surface area contributed by atoms with Gasteiger partial charge in [-0.25, -0.2) is 9.59 Å². The van der Waals surface area contributed by atoms with Crippen LogP contribution in [-0.4, -0.2) is 24.1 Å². The van der Waals surface area contributed by atoms with Crippen molar-refractivity contribution in [3.8, 4) is 0 Å². The van der Waals surface area contributed by atoms with Crippen molar-refractivity contribution in [2.45, 2.75) is 52.7 Å². The molecule has 0 aromatic heterocycles. The topological polar surface area (TPSA) is 52.6 Å². The van der Waals surface area contributed by atoms with Crippen molar-refractivity contribution in [1.29, 1.82) is 0 Å². The zero-order valence-corrected chi connectivity index (χ0v) is 9.63. The smallest absolute Gasteiger partial charge is 0.418 e. The second-order valence-corrected chi connectivity index (χ2v) is 4.60. The maximum Gasteiger partial charge on any atom is 0.418 e. The summed E-state index contributed by atoms with van der Waals surface area (Å²) in [5, 5.41) is 0. The molecule has 0 rings (SSSR count). The van der Waals surface area contributed by atoms with Gasteiger partial charge >= 0.3 is 12.9 Å². The standard InChI is InChI=1S/2C5H9O2/c2*1-5(2,3)7-4-6/h2*1-3H3. The molecular formula is C10H18O4. The largest absolute Gasteiger partial charge is 0.452 e. The van der Waals surface area contributed by atoms with E-state index < -0.39 is 0 Å². The molecule has 0 unspecified atom stereocenters. The van der Waals surface area contributed by atoms with Gasteiger partial charge in [0.15, 0.2) is 0 Å². The predicted molar refractivity (Wildman–Crippen MR) is 53.1 cm³/mol. The van der Waals surface area contributed by atoms with Crippen LogP contribution in [0.2, 0.25) is 0 Å². The molecule has 0 aromatic carbocycles. The van der Waals surface area contributed by atoms with Gasteiger partial charge in [-0.3, -0.25) is 0 Å². The van der Waals surface area contributed by atoms with Crippen LogP contribution in [0.5, 0.6) is 0 Å². The Morgan fingerprint density at radius 3 is 0.929 bits per heavy atom. The molecule has 0 saturated heterocycles. The van der Waals surface area contributed by atoms with Crippen molar-refractivity contribution in [2.75, 3.05) is 0 Å². The Bertz CT molecular complexity index is 142. The molecule has 0 amide bonds. The van der Waals surface area contributed by atoms with Gasteiger partial charge in [0.2, 0.25) is 0 Å². The molecule has 0 aliphatic carbocycles. The van der Waals surface area contributed by atoms with Crippen molar-refractivity contribution in [1.82, 2.24) is 0 Å². The Labute approximate surface area is 85.6 Å². The molecule has 82 valence electrons. The summed E-state index contributed by atoms with van der Waals surface area (Å²) in [7, 11) is 0. The minimum absolute atomic E-state index is 0.373. The van der Waals surface area contributed by atoms with Gasteiger partial charge in [0.05, 0.1) is 0 Å². The molecule has 0 atom stereocenters. The van der Waals surface area contributed by atoms with E-state index in [1.807, 2.05) is 0 Å². The van der Waals surface area contributed by atoms with Crippen molar-refractivity contribution < 1.29 is 19.1 Å². The average molecular weight is 202 g/mol. The quantitative estimate of drug-likeness (QED) is 0.684. The van der Waals surface area contributed by atoms with E-state index in [4.69, 9.17) is 0 Å². The van der Waals surface area contributed by atoms with Crippen LogP contribution in [0.25, 0.3) is 0 Å². The zero-order valence-electron chi connectivity index (χ0n) is 9.63. The van der Waals surface area contributed by atoms with Gasteiger partial charge < -0.3 is 9.47 Å². The summed E-state index contributed by atoms with van der Waals surface area (Å²) in [6, 6.07) is 0. The Balaban J connectivity index is 0. The highest BCUT2D eigenvalue weighted by atomic mass is 16.5. The molecule has 0 N–H and O–H groups in total. The van der Waals surface area contributed by atoms with Crippen LogP contribution in [0.15, 0.2) is 0 Å². The molecule has 0 aliphatic rings. The van der Waals surface area contributed by atoms with Crippen LogP contribution in [0.4, 0.5) is 0 Å².